The fourth-order valence-corrected chi connectivity index (χ4v) is 4.24. The van der Waals surface area contributed by atoms with E-state index in [4.69, 9.17) is 4.74 Å². The Morgan fingerprint density at radius 3 is 2.59 bits per heavy atom. The van der Waals surface area contributed by atoms with Gasteiger partial charge in [-0.1, -0.05) is 6.42 Å². The van der Waals surface area contributed by atoms with Crippen LogP contribution in [0.5, 0.6) is 0 Å². The van der Waals surface area contributed by atoms with E-state index in [0.717, 1.165) is 45.7 Å². The molecule has 8 heteroatoms. The van der Waals surface area contributed by atoms with Crippen LogP contribution in [0.1, 0.15) is 26.2 Å². The Morgan fingerprint density at radius 2 is 1.95 bits per heavy atom. The van der Waals surface area contributed by atoms with Crippen LogP contribution in [0, 0.1) is 0 Å². The van der Waals surface area contributed by atoms with Crippen molar-refractivity contribution in [3.63, 3.8) is 0 Å². The Labute approximate surface area is 133 Å². The van der Waals surface area contributed by atoms with Gasteiger partial charge in [-0.3, -0.25) is 9.69 Å². The molecule has 0 aromatic heterocycles. The minimum absolute atomic E-state index is 0.00561. The number of carbonyl (C=O) groups is 1. The van der Waals surface area contributed by atoms with E-state index in [1.54, 1.807) is 0 Å². The summed E-state index contributed by atoms with van der Waals surface area (Å²) >= 11 is 0. The zero-order valence-electron chi connectivity index (χ0n) is 13.5. The SMILES string of the molecule is C[C@H](CN1CCOCC1)NC(=O)[C@@H]1CCCCN1S(C)(=O)=O. The van der Waals surface area contributed by atoms with Gasteiger partial charge in [0.05, 0.1) is 19.5 Å². The van der Waals surface area contributed by atoms with E-state index in [1.165, 1.54) is 10.6 Å². The highest BCUT2D eigenvalue weighted by Crippen LogP contribution is 2.20. The molecule has 0 aliphatic carbocycles. The number of nitrogens with zero attached hydrogens (tertiary/aromatic N) is 2. The van der Waals surface area contributed by atoms with Crippen LogP contribution >= 0.6 is 0 Å². The molecule has 0 spiro atoms. The third kappa shape index (κ3) is 4.91. The van der Waals surface area contributed by atoms with Crippen LogP contribution in [0.2, 0.25) is 0 Å². The second-order valence-corrected chi connectivity index (χ2v) is 8.14. The lowest BCUT2D eigenvalue weighted by molar-refractivity contribution is -0.126. The number of amides is 1. The lowest BCUT2D eigenvalue weighted by atomic mass is 10.0. The molecule has 2 atom stereocenters. The van der Waals surface area contributed by atoms with Crippen LogP contribution in [0.4, 0.5) is 0 Å². The van der Waals surface area contributed by atoms with Crippen LogP contribution in [-0.4, -0.2) is 81.3 Å². The Kier molecular flexibility index (Phi) is 6.19. The lowest BCUT2D eigenvalue weighted by Crippen LogP contribution is -2.54. The predicted molar refractivity (Wildman–Crippen MR) is 84.1 cm³/mol. The summed E-state index contributed by atoms with van der Waals surface area (Å²) in [5.74, 6) is -0.175. The number of ether oxygens (including phenoxy) is 1. The van der Waals surface area contributed by atoms with Crippen molar-refractivity contribution in [1.82, 2.24) is 14.5 Å². The van der Waals surface area contributed by atoms with Gasteiger partial charge in [0.25, 0.3) is 0 Å². The molecular weight excluding hydrogens is 306 g/mol. The second-order valence-electron chi connectivity index (χ2n) is 6.21. The van der Waals surface area contributed by atoms with Gasteiger partial charge in [-0.25, -0.2) is 8.42 Å². The van der Waals surface area contributed by atoms with Gasteiger partial charge in [-0.15, -0.1) is 0 Å². The van der Waals surface area contributed by atoms with Crippen LogP contribution in [0.25, 0.3) is 0 Å². The summed E-state index contributed by atoms with van der Waals surface area (Å²) < 4.78 is 30.3. The van der Waals surface area contributed by atoms with Gasteiger partial charge < -0.3 is 10.1 Å². The summed E-state index contributed by atoms with van der Waals surface area (Å²) in [7, 11) is -3.34. The number of nitrogens with one attached hydrogen (secondary N) is 1. The molecule has 2 fully saturated rings. The van der Waals surface area contributed by atoms with E-state index in [0.29, 0.717) is 13.0 Å². The minimum atomic E-state index is -3.34. The molecule has 0 saturated carbocycles. The summed E-state index contributed by atoms with van der Waals surface area (Å²) in [4.78, 5) is 14.7. The molecule has 0 aromatic rings. The van der Waals surface area contributed by atoms with E-state index in [2.05, 4.69) is 10.2 Å². The third-order valence-corrected chi connectivity index (χ3v) is 5.50. The summed E-state index contributed by atoms with van der Waals surface area (Å²) in [6.07, 6.45) is 3.49. The highest BCUT2D eigenvalue weighted by atomic mass is 32.2. The van der Waals surface area contributed by atoms with Gasteiger partial charge in [0, 0.05) is 32.2 Å². The molecule has 2 aliphatic rings. The van der Waals surface area contributed by atoms with Crippen molar-refractivity contribution in [2.75, 3.05) is 45.6 Å². The van der Waals surface area contributed by atoms with Gasteiger partial charge in [0.15, 0.2) is 0 Å². The maximum absolute atomic E-state index is 12.4. The maximum atomic E-state index is 12.4. The normalized spacial score (nSPS) is 26.5. The zero-order valence-corrected chi connectivity index (χ0v) is 14.3. The molecule has 22 heavy (non-hydrogen) atoms. The van der Waals surface area contributed by atoms with Gasteiger partial charge >= 0.3 is 0 Å². The van der Waals surface area contributed by atoms with E-state index in [9.17, 15) is 13.2 Å². The number of morpholine rings is 1. The van der Waals surface area contributed by atoms with Crippen molar-refractivity contribution >= 4 is 15.9 Å². The first-order valence-corrected chi connectivity index (χ1v) is 9.80. The van der Waals surface area contributed by atoms with E-state index in [-0.39, 0.29) is 11.9 Å². The third-order valence-electron chi connectivity index (χ3n) is 4.21. The molecule has 0 aromatic carbocycles. The molecule has 1 N–H and O–H groups in total. The van der Waals surface area contributed by atoms with Gasteiger partial charge in [-0.05, 0) is 19.8 Å². The molecule has 0 unspecified atom stereocenters. The lowest BCUT2D eigenvalue weighted by Gasteiger charge is -2.34. The van der Waals surface area contributed by atoms with Gasteiger partial charge in [0.2, 0.25) is 15.9 Å². The Morgan fingerprint density at radius 1 is 1.27 bits per heavy atom. The average Bonchev–Trinajstić information content (AvgIpc) is 2.47. The van der Waals surface area contributed by atoms with Gasteiger partial charge in [0.1, 0.15) is 6.04 Å². The first kappa shape index (κ1) is 17.7. The van der Waals surface area contributed by atoms with Crippen LogP contribution in [0.3, 0.4) is 0 Å². The summed E-state index contributed by atoms with van der Waals surface area (Å²) in [5.41, 5.74) is 0. The second kappa shape index (κ2) is 7.72. The quantitative estimate of drug-likeness (QED) is 0.743. The highest BCUT2D eigenvalue weighted by Gasteiger charge is 2.34. The van der Waals surface area contributed by atoms with Crippen molar-refractivity contribution in [3.8, 4) is 0 Å². The fourth-order valence-electron chi connectivity index (χ4n) is 3.12. The van der Waals surface area contributed by atoms with Crippen molar-refractivity contribution in [1.29, 1.82) is 0 Å². The predicted octanol–water partition coefficient (Wildman–Crippen LogP) is -0.363. The standard InChI is InChI=1S/C14H27N3O4S/c1-12(11-16-7-9-21-10-8-16)15-14(18)13-5-3-4-6-17(13)22(2,19)20/h12-13H,3-11H2,1-2H3,(H,15,18)/t12-,13+/m1/s1. The zero-order chi connectivity index (χ0) is 16.2. The molecule has 0 radical (unpaired) electrons. The number of rotatable bonds is 5. The van der Waals surface area contributed by atoms with Crippen molar-refractivity contribution in [2.45, 2.75) is 38.3 Å². The van der Waals surface area contributed by atoms with E-state index >= 15 is 0 Å². The number of carbonyl (C=O) groups excluding carboxylic acids is 1. The molecule has 1 amide bonds. The smallest absolute Gasteiger partial charge is 0.238 e. The molecule has 2 saturated heterocycles. The summed E-state index contributed by atoms with van der Waals surface area (Å²) in [6, 6.07) is -0.565. The Bertz CT molecular complexity index is 476. The molecule has 2 aliphatic heterocycles. The van der Waals surface area contributed by atoms with Crippen molar-refractivity contribution < 1.29 is 17.9 Å². The van der Waals surface area contributed by atoms with Crippen LogP contribution < -0.4 is 5.32 Å². The van der Waals surface area contributed by atoms with E-state index < -0.39 is 16.1 Å². The first-order valence-electron chi connectivity index (χ1n) is 7.95. The molecular formula is C14H27N3O4S. The fraction of sp³-hybridized carbons (Fsp3) is 0.929. The monoisotopic (exact) mass is 333 g/mol. The van der Waals surface area contributed by atoms with E-state index in [1.807, 2.05) is 6.92 Å². The number of hydrogen-bond acceptors (Lipinski definition) is 5. The maximum Gasteiger partial charge on any atom is 0.238 e. The van der Waals surface area contributed by atoms with Crippen LogP contribution in [0.15, 0.2) is 0 Å². The number of sulfonamides is 1. The molecule has 7 nitrogen and oxygen atoms in total. The number of hydrogen-bond donors (Lipinski definition) is 1. The average molecular weight is 333 g/mol. The summed E-state index contributed by atoms with van der Waals surface area (Å²) in [5, 5.41) is 2.97. The molecule has 2 heterocycles. The van der Waals surface area contributed by atoms with Crippen molar-refractivity contribution in [2.24, 2.45) is 0 Å². The molecule has 2 rings (SSSR count). The number of piperidine rings is 1. The topological polar surface area (TPSA) is 79.0 Å². The highest BCUT2D eigenvalue weighted by molar-refractivity contribution is 7.88. The Balaban J connectivity index is 1.89. The first-order chi connectivity index (χ1) is 10.4. The largest absolute Gasteiger partial charge is 0.379 e. The van der Waals surface area contributed by atoms with Crippen molar-refractivity contribution in [3.05, 3.63) is 0 Å². The minimum Gasteiger partial charge on any atom is -0.379 e. The Hall–Kier alpha value is -0.700. The van der Waals surface area contributed by atoms with Gasteiger partial charge in [-0.2, -0.15) is 4.31 Å². The van der Waals surface area contributed by atoms with Crippen LogP contribution in [-0.2, 0) is 19.6 Å². The molecule has 0 bridgehead atoms. The summed E-state index contributed by atoms with van der Waals surface area (Å²) in [6.45, 7) is 6.37. The molecule has 128 valence electrons.